The SMILES string of the molecule is CC(C)OC(=O)c1cccnc1N1CCC(C(=O)N2CCc3ccccc32)CC1. The highest BCUT2D eigenvalue weighted by atomic mass is 16.5. The lowest BCUT2D eigenvalue weighted by atomic mass is 9.95. The predicted octanol–water partition coefficient (Wildman–Crippen LogP) is 3.45. The molecule has 0 N–H and O–H groups in total. The predicted molar refractivity (Wildman–Crippen MR) is 112 cm³/mol. The van der Waals surface area contributed by atoms with Crippen LogP contribution in [-0.4, -0.2) is 42.6 Å². The molecule has 3 heterocycles. The van der Waals surface area contributed by atoms with Gasteiger partial charge in [0.2, 0.25) is 5.91 Å². The van der Waals surface area contributed by atoms with Gasteiger partial charge in [0.15, 0.2) is 0 Å². The zero-order valence-corrected chi connectivity index (χ0v) is 17.0. The topological polar surface area (TPSA) is 62.7 Å². The van der Waals surface area contributed by atoms with Crippen LogP contribution in [0.1, 0.15) is 42.6 Å². The number of carbonyl (C=O) groups is 2. The zero-order valence-electron chi connectivity index (χ0n) is 17.0. The van der Waals surface area contributed by atoms with Crippen LogP contribution in [0.25, 0.3) is 0 Å². The lowest BCUT2D eigenvalue weighted by Gasteiger charge is -2.34. The van der Waals surface area contributed by atoms with E-state index in [0.29, 0.717) is 24.5 Å². The molecule has 6 nitrogen and oxygen atoms in total. The quantitative estimate of drug-likeness (QED) is 0.745. The standard InChI is InChI=1S/C23H27N3O3/c1-16(2)29-23(28)19-7-5-12-24-21(19)25-13-9-18(10-14-25)22(27)26-15-11-17-6-3-4-8-20(17)26/h3-8,12,16,18H,9-11,13-15H2,1-2H3. The average molecular weight is 393 g/mol. The largest absolute Gasteiger partial charge is 0.459 e. The minimum atomic E-state index is -0.352. The number of carbonyl (C=O) groups excluding carboxylic acids is 2. The Balaban J connectivity index is 1.43. The highest BCUT2D eigenvalue weighted by molar-refractivity contribution is 5.97. The average Bonchev–Trinajstić information content (AvgIpc) is 3.17. The first-order valence-corrected chi connectivity index (χ1v) is 10.3. The van der Waals surface area contributed by atoms with Gasteiger partial charge in [0.1, 0.15) is 11.4 Å². The fraction of sp³-hybridized carbons (Fsp3) is 0.435. The summed E-state index contributed by atoms with van der Waals surface area (Å²) in [5.41, 5.74) is 2.79. The number of aromatic nitrogens is 1. The van der Waals surface area contributed by atoms with E-state index in [9.17, 15) is 9.59 Å². The van der Waals surface area contributed by atoms with Crippen LogP contribution < -0.4 is 9.80 Å². The summed E-state index contributed by atoms with van der Waals surface area (Å²) in [5, 5.41) is 0. The molecule has 0 bridgehead atoms. The molecule has 152 valence electrons. The van der Waals surface area contributed by atoms with Crippen molar-refractivity contribution in [1.82, 2.24) is 4.98 Å². The molecule has 0 spiro atoms. The number of piperidine rings is 1. The van der Waals surface area contributed by atoms with Gasteiger partial charge in [0.25, 0.3) is 0 Å². The number of nitrogens with zero attached hydrogens (tertiary/aromatic N) is 3. The van der Waals surface area contributed by atoms with Crippen LogP contribution in [0.3, 0.4) is 0 Å². The Hall–Kier alpha value is -2.89. The van der Waals surface area contributed by atoms with Crippen molar-refractivity contribution in [1.29, 1.82) is 0 Å². The molecule has 1 saturated heterocycles. The third-order valence-corrected chi connectivity index (χ3v) is 5.65. The van der Waals surface area contributed by atoms with Crippen molar-refractivity contribution in [3.05, 3.63) is 53.7 Å². The molecular formula is C23H27N3O3. The fourth-order valence-electron chi connectivity index (χ4n) is 4.21. The minimum absolute atomic E-state index is 0.00665. The van der Waals surface area contributed by atoms with Crippen LogP contribution in [-0.2, 0) is 16.0 Å². The molecule has 1 fully saturated rings. The molecule has 0 unspecified atom stereocenters. The van der Waals surface area contributed by atoms with Crippen LogP contribution >= 0.6 is 0 Å². The number of benzene rings is 1. The normalized spacial score (nSPS) is 16.8. The molecule has 1 aromatic carbocycles. The van der Waals surface area contributed by atoms with Gasteiger partial charge in [-0.05, 0) is 56.9 Å². The summed E-state index contributed by atoms with van der Waals surface area (Å²) < 4.78 is 5.36. The minimum Gasteiger partial charge on any atom is -0.459 e. The molecule has 2 aliphatic heterocycles. The first-order valence-electron chi connectivity index (χ1n) is 10.3. The van der Waals surface area contributed by atoms with E-state index in [1.807, 2.05) is 36.9 Å². The summed E-state index contributed by atoms with van der Waals surface area (Å²) in [6.45, 7) is 5.84. The van der Waals surface area contributed by atoms with Crippen molar-refractivity contribution in [2.75, 3.05) is 29.4 Å². The summed E-state index contributed by atoms with van der Waals surface area (Å²) in [7, 11) is 0. The van der Waals surface area contributed by atoms with Crippen molar-refractivity contribution in [2.45, 2.75) is 39.2 Å². The van der Waals surface area contributed by atoms with Crippen LogP contribution in [0.4, 0.5) is 11.5 Å². The Bertz CT molecular complexity index is 904. The molecule has 0 aliphatic carbocycles. The highest BCUT2D eigenvalue weighted by Crippen LogP contribution is 2.32. The van der Waals surface area contributed by atoms with E-state index in [1.54, 1.807) is 18.3 Å². The van der Waals surface area contributed by atoms with Gasteiger partial charge in [-0.3, -0.25) is 4.79 Å². The number of ether oxygens (including phenoxy) is 1. The Morgan fingerprint density at radius 1 is 1.07 bits per heavy atom. The van der Waals surface area contributed by atoms with Crippen molar-refractivity contribution in [3.8, 4) is 0 Å². The second kappa shape index (κ2) is 8.23. The van der Waals surface area contributed by atoms with Gasteiger partial charge in [-0.2, -0.15) is 0 Å². The van der Waals surface area contributed by atoms with Gasteiger partial charge in [-0.15, -0.1) is 0 Å². The van der Waals surface area contributed by atoms with Crippen LogP contribution in [0, 0.1) is 5.92 Å². The number of amides is 1. The van der Waals surface area contributed by atoms with E-state index in [0.717, 1.165) is 31.5 Å². The third-order valence-electron chi connectivity index (χ3n) is 5.65. The van der Waals surface area contributed by atoms with Gasteiger partial charge < -0.3 is 14.5 Å². The Labute approximate surface area is 171 Å². The first-order chi connectivity index (χ1) is 14.0. The maximum atomic E-state index is 13.1. The van der Waals surface area contributed by atoms with E-state index in [4.69, 9.17) is 4.74 Å². The number of para-hydroxylation sites is 1. The van der Waals surface area contributed by atoms with Crippen molar-refractivity contribution in [3.63, 3.8) is 0 Å². The zero-order chi connectivity index (χ0) is 20.4. The number of pyridine rings is 1. The van der Waals surface area contributed by atoms with E-state index >= 15 is 0 Å². The fourth-order valence-corrected chi connectivity index (χ4v) is 4.21. The number of hydrogen-bond acceptors (Lipinski definition) is 5. The molecule has 6 heteroatoms. The summed E-state index contributed by atoms with van der Waals surface area (Å²) in [4.78, 5) is 34.0. The van der Waals surface area contributed by atoms with E-state index in [-0.39, 0.29) is 23.9 Å². The number of hydrogen-bond donors (Lipinski definition) is 0. The monoisotopic (exact) mass is 393 g/mol. The molecule has 0 atom stereocenters. The van der Waals surface area contributed by atoms with E-state index in [2.05, 4.69) is 16.0 Å². The van der Waals surface area contributed by atoms with Crippen molar-refractivity contribution >= 4 is 23.4 Å². The Morgan fingerprint density at radius 2 is 1.83 bits per heavy atom. The van der Waals surface area contributed by atoms with Gasteiger partial charge in [-0.25, -0.2) is 9.78 Å². The summed E-state index contributed by atoms with van der Waals surface area (Å²) in [6.07, 6.45) is 3.96. The molecular weight excluding hydrogens is 366 g/mol. The van der Waals surface area contributed by atoms with Crippen LogP contribution in [0.2, 0.25) is 0 Å². The van der Waals surface area contributed by atoms with Gasteiger partial charge in [0.05, 0.1) is 6.10 Å². The lowest BCUT2D eigenvalue weighted by molar-refractivity contribution is -0.122. The maximum Gasteiger partial charge on any atom is 0.342 e. The molecule has 1 amide bonds. The highest BCUT2D eigenvalue weighted by Gasteiger charge is 2.33. The second-order valence-electron chi connectivity index (χ2n) is 7.96. The van der Waals surface area contributed by atoms with Crippen molar-refractivity contribution in [2.24, 2.45) is 5.92 Å². The summed E-state index contributed by atoms with van der Waals surface area (Å²) in [6, 6.07) is 11.7. The molecule has 2 aliphatic rings. The van der Waals surface area contributed by atoms with Crippen molar-refractivity contribution < 1.29 is 14.3 Å². The smallest absolute Gasteiger partial charge is 0.342 e. The summed E-state index contributed by atoms with van der Waals surface area (Å²) >= 11 is 0. The Morgan fingerprint density at radius 3 is 2.59 bits per heavy atom. The third kappa shape index (κ3) is 3.97. The molecule has 4 rings (SSSR count). The number of anilines is 2. The first kappa shape index (κ1) is 19.4. The van der Waals surface area contributed by atoms with Gasteiger partial charge in [-0.1, -0.05) is 18.2 Å². The molecule has 0 saturated carbocycles. The van der Waals surface area contributed by atoms with E-state index in [1.165, 1.54) is 5.56 Å². The maximum absolute atomic E-state index is 13.1. The van der Waals surface area contributed by atoms with Crippen LogP contribution in [0.5, 0.6) is 0 Å². The molecule has 1 aromatic heterocycles. The van der Waals surface area contributed by atoms with Crippen LogP contribution in [0.15, 0.2) is 42.6 Å². The number of esters is 1. The Kier molecular flexibility index (Phi) is 5.51. The number of rotatable bonds is 4. The lowest BCUT2D eigenvalue weighted by Crippen LogP contribution is -2.42. The van der Waals surface area contributed by atoms with Gasteiger partial charge in [0, 0.05) is 37.4 Å². The molecule has 0 radical (unpaired) electrons. The molecule has 2 aromatic rings. The van der Waals surface area contributed by atoms with E-state index < -0.39 is 0 Å². The molecule has 29 heavy (non-hydrogen) atoms. The van der Waals surface area contributed by atoms with Gasteiger partial charge >= 0.3 is 5.97 Å². The second-order valence-corrected chi connectivity index (χ2v) is 7.96. The number of fused-ring (bicyclic) bond motifs is 1. The summed E-state index contributed by atoms with van der Waals surface area (Å²) in [5.74, 6) is 0.521.